The Morgan fingerprint density at radius 3 is 2.96 bits per heavy atom. The Morgan fingerprint density at radius 2 is 2.20 bits per heavy atom. The van der Waals surface area contributed by atoms with E-state index in [-0.39, 0.29) is 17.6 Å². The number of halogens is 1. The lowest BCUT2D eigenvalue weighted by Crippen LogP contribution is -2.38. The molecule has 134 valence electrons. The van der Waals surface area contributed by atoms with Gasteiger partial charge in [0.1, 0.15) is 5.82 Å². The number of nitrogens with zero attached hydrogens (tertiary/aromatic N) is 3. The molecule has 1 aromatic carbocycles. The van der Waals surface area contributed by atoms with E-state index in [1.165, 1.54) is 12.1 Å². The van der Waals surface area contributed by atoms with Gasteiger partial charge in [0.15, 0.2) is 0 Å². The molecule has 0 aliphatic carbocycles. The predicted octanol–water partition coefficient (Wildman–Crippen LogP) is 2.33. The summed E-state index contributed by atoms with van der Waals surface area (Å²) in [5.41, 5.74) is 1.80. The third-order valence-electron chi connectivity index (χ3n) is 4.38. The second-order valence-electron chi connectivity index (χ2n) is 6.93. The summed E-state index contributed by atoms with van der Waals surface area (Å²) in [7, 11) is 4.04. The molecule has 2 aromatic rings. The number of aryl methyl sites for hydroxylation is 1. The first-order chi connectivity index (χ1) is 11.9. The summed E-state index contributed by atoms with van der Waals surface area (Å²) in [6.07, 6.45) is 0. The van der Waals surface area contributed by atoms with Crippen LogP contribution in [-0.4, -0.2) is 67.6 Å². The van der Waals surface area contributed by atoms with E-state index in [4.69, 9.17) is 4.74 Å². The smallest absolute Gasteiger partial charge is 0.254 e. The summed E-state index contributed by atoms with van der Waals surface area (Å²) in [6, 6.07) is 6.17. The first-order valence-electron chi connectivity index (χ1n) is 8.52. The molecule has 1 amide bonds. The van der Waals surface area contributed by atoms with Gasteiger partial charge in [-0.05, 0) is 39.2 Å². The average molecular weight is 345 g/mol. The van der Waals surface area contributed by atoms with Crippen molar-refractivity contribution >= 4 is 16.8 Å². The molecule has 1 saturated heterocycles. The molecule has 0 bridgehead atoms. The van der Waals surface area contributed by atoms with Gasteiger partial charge in [0.2, 0.25) is 0 Å². The normalized spacial score (nSPS) is 18.6. The molecule has 1 aliphatic heterocycles. The van der Waals surface area contributed by atoms with Gasteiger partial charge in [-0.15, -0.1) is 0 Å². The van der Waals surface area contributed by atoms with E-state index in [1.807, 2.05) is 25.9 Å². The second kappa shape index (κ2) is 7.45. The summed E-state index contributed by atoms with van der Waals surface area (Å²) in [4.78, 5) is 21.5. The highest BCUT2D eigenvalue weighted by atomic mass is 19.1. The molecule has 1 atom stereocenters. The first-order valence-corrected chi connectivity index (χ1v) is 8.52. The highest BCUT2D eigenvalue weighted by Crippen LogP contribution is 2.22. The molecular formula is C19H24FN3O2. The van der Waals surface area contributed by atoms with Gasteiger partial charge in [-0.3, -0.25) is 9.78 Å². The van der Waals surface area contributed by atoms with Gasteiger partial charge in [-0.25, -0.2) is 4.39 Å². The lowest BCUT2D eigenvalue weighted by atomic mass is 10.0. The van der Waals surface area contributed by atoms with Crippen LogP contribution in [0.5, 0.6) is 0 Å². The fourth-order valence-corrected chi connectivity index (χ4v) is 3.37. The number of fused-ring (bicyclic) bond motifs is 1. The fraction of sp³-hybridized carbons (Fsp3) is 0.474. The van der Waals surface area contributed by atoms with Crippen molar-refractivity contribution in [2.45, 2.75) is 6.92 Å². The fourth-order valence-electron chi connectivity index (χ4n) is 3.37. The van der Waals surface area contributed by atoms with Crippen LogP contribution in [0.3, 0.4) is 0 Å². The van der Waals surface area contributed by atoms with E-state index in [9.17, 15) is 9.18 Å². The highest BCUT2D eigenvalue weighted by Gasteiger charge is 2.25. The number of amides is 1. The molecule has 25 heavy (non-hydrogen) atoms. The molecule has 1 fully saturated rings. The van der Waals surface area contributed by atoms with Crippen molar-refractivity contribution in [3.63, 3.8) is 0 Å². The summed E-state index contributed by atoms with van der Waals surface area (Å²) < 4.78 is 19.2. The molecule has 0 saturated carbocycles. The lowest BCUT2D eigenvalue weighted by Gasteiger charge is -2.26. The van der Waals surface area contributed by atoms with Gasteiger partial charge < -0.3 is 14.5 Å². The standard InChI is InChI=1S/C19H24FN3O2/c1-13-8-17(16-5-4-15(20)9-18(16)21-13)19(24)23-6-7-25-12-14(11-23)10-22(2)3/h4-5,8-9,14H,6-7,10-12H2,1-3H3/t14-/m1/s1. The van der Waals surface area contributed by atoms with Gasteiger partial charge in [0, 0.05) is 42.7 Å². The SMILES string of the molecule is Cc1cc(C(=O)N2CCOC[C@H](CN(C)C)C2)c2ccc(F)cc2n1. The molecule has 5 nitrogen and oxygen atoms in total. The zero-order valence-electron chi connectivity index (χ0n) is 15.0. The Morgan fingerprint density at radius 1 is 1.40 bits per heavy atom. The average Bonchev–Trinajstić information content (AvgIpc) is 2.78. The molecule has 0 unspecified atom stereocenters. The number of rotatable bonds is 3. The van der Waals surface area contributed by atoms with Crippen LogP contribution >= 0.6 is 0 Å². The quantitative estimate of drug-likeness (QED) is 0.857. The predicted molar refractivity (Wildman–Crippen MR) is 95.2 cm³/mol. The van der Waals surface area contributed by atoms with Gasteiger partial charge in [-0.1, -0.05) is 0 Å². The van der Waals surface area contributed by atoms with Crippen molar-refractivity contribution < 1.29 is 13.9 Å². The number of hydrogen-bond acceptors (Lipinski definition) is 4. The number of hydrogen-bond donors (Lipinski definition) is 0. The van der Waals surface area contributed by atoms with Crippen LogP contribution in [0.4, 0.5) is 4.39 Å². The van der Waals surface area contributed by atoms with Gasteiger partial charge in [0.25, 0.3) is 5.91 Å². The van der Waals surface area contributed by atoms with Crippen molar-refractivity contribution in [3.05, 3.63) is 41.3 Å². The number of carbonyl (C=O) groups is 1. The molecule has 1 aliphatic rings. The summed E-state index contributed by atoms with van der Waals surface area (Å²) in [5.74, 6) is -0.123. The van der Waals surface area contributed by atoms with Crippen molar-refractivity contribution in [2.24, 2.45) is 5.92 Å². The van der Waals surface area contributed by atoms with E-state index in [0.29, 0.717) is 48.5 Å². The minimum absolute atomic E-state index is 0.0450. The minimum atomic E-state index is -0.349. The van der Waals surface area contributed by atoms with Crippen LogP contribution in [0.2, 0.25) is 0 Å². The Hall–Kier alpha value is -2.05. The van der Waals surface area contributed by atoms with Crippen molar-refractivity contribution in [1.82, 2.24) is 14.8 Å². The second-order valence-corrected chi connectivity index (χ2v) is 6.93. The molecule has 6 heteroatoms. The maximum atomic E-state index is 13.5. The lowest BCUT2D eigenvalue weighted by molar-refractivity contribution is 0.0737. The van der Waals surface area contributed by atoms with Crippen LogP contribution in [0.15, 0.2) is 24.3 Å². The molecule has 0 radical (unpaired) electrons. The van der Waals surface area contributed by atoms with Crippen LogP contribution in [-0.2, 0) is 4.74 Å². The maximum absolute atomic E-state index is 13.5. The minimum Gasteiger partial charge on any atom is -0.379 e. The van der Waals surface area contributed by atoms with E-state index < -0.39 is 0 Å². The number of aromatic nitrogens is 1. The summed E-state index contributed by atoms with van der Waals surface area (Å²) >= 11 is 0. The molecular weight excluding hydrogens is 321 g/mol. The van der Waals surface area contributed by atoms with Gasteiger partial charge in [-0.2, -0.15) is 0 Å². The molecule has 0 N–H and O–H groups in total. The molecule has 0 spiro atoms. The van der Waals surface area contributed by atoms with Crippen LogP contribution in [0, 0.1) is 18.7 Å². The van der Waals surface area contributed by atoms with Crippen molar-refractivity contribution in [3.8, 4) is 0 Å². The molecule has 1 aromatic heterocycles. The molecule has 2 heterocycles. The Balaban J connectivity index is 1.92. The van der Waals surface area contributed by atoms with E-state index in [2.05, 4.69) is 9.88 Å². The number of carbonyl (C=O) groups excluding carboxylic acids is 1. The van der Waals surface area contributed by atoms with E-state index >= 15 is 0 Å². The van der Waals surface area contributed by atoms with Gasteiger partial charge >= 0.3 is 0 Å². The number of ether oxygens (including phenoxy) is 1. The van der Waals surface area contributed by atoms with E-state index in [0.717, 1.165) is 6.54 Å². The topological polar surface area (TPSA) is 45.7 Å². The molecule has 3 rings (SSSR count). The largest absolute Gasteiger partial charge is 0.379 e. The highest BCUT2D eigenvalue weighted by molar-refractivity contribution is 6.06. The Bertz CT molecular complexity index is 773. The van der Waals surface area contributed by atoms with Crippen molar-refractivity contribution in [2.75, 3.05) is 46.9 Å². The van der Waals surface area contributed by atoms with Crippen molar-refractivity contribution in [1.29, 1.82) is 0 Å². The Labute approximate surface area is 147 Å². The monoisotopic (exact) mass is 345 g/mol. The number of benzene rings is 1. The Kier molecular flexibility index (Phi) is 5.30. The third kappa shape index (κ3) is 4.14. The first kappa shape index (κ1) is 17.8. The van der Waals surface area contributed by atoms with Crippen LogP contribution in [0.1, 0.15) is 16.1 Å². The van der Waals surface area contributed by atoms with E-state index in [1.54, 1.807) is 12.1 Å². The number of pyridine rings is 1. The van der Waals surface area contributed by atoms with Gasteiger partial charge in [0.05, 0.1) is 24.3 Å². The van der Waals surface area contributed by atoms with Crippen LogP contribution < -0.4 is 0 Å². The summed E-state index contributed by atoms with van der Waals surface area (Å²) in [5, 5.41) is 0.686. The van der Waals surface area contributed by atoms with Crippen LogP contribution in [0.25, 0.3) is 10.9 Å². The zero-order valence-corrected chi connectivity index (χ0v) is 15.0. The maximum Gasteiger partial charge on any atom is 0.254 e. The zero-order chi connectivity index (χ0) is 18.0. The summed E-state index contributed by atoms with van der Waals surface area (Å²) in [6.45, 7) is 5.09. The third-order valence-corrected chi connectivity index (χ3v) is 4.38.